The first-order chi connectivity index (χ1) is 19.2. The summed E-state index contributed by atoms with van der Waals surface area (Å²) < 4.78 is 0.417. The number of amides is 2. The molecule has 1 saturated carbocycles. The van der Waals surface area contributed by atoms with E-state index in [0.717, 1.165) is 91.3 Å². The van der Waals surface area contributed by atoms with Gasteiger partial charge in [-0.1, -0.05) is 80.6 Å². The largest absolute Gasteiger partial charge is 0.356 e. The van der Waals surface area contributed by atoms with Crippen molar-refractivity contribution >= 4 is 33.4 Å². The summed E-state index contributed by atoms with van der Waals surface area (Å²) in [5, 5.41) is 11.1. The van der Waals surface area contributed by atoms with Gasteiger partial charge in [-0.05, 0) is 52.8 Å². The van der Waals surface area contributed by atoms with Gasteiger partial charge in [-0.3, -0.25) is 9.28 Å². The third-order valence-electron chi connectivity index (χ3n) is 10.0. The van der Waals surface area contributed by atoms with Gasteiger partial charge in [0.15, 0.2) is 0 Å². The monoisotopic (exact) mass is 526 g/mol. The molecule has 0 bridgehead atoms. The Balaban J connectivity index is 1.32. The van der Waals surface area contributed by atoms with Crippen LogP contribution >= 0.6 is 0 Å². The molecule has 206 valence electrons. The van der Waals surface area contributed by atoms with Gasteiger partial charge in [0, 0.05) is 32.5 Å². The van der Waals surface area contributed by atoms with Crippen LogP contribution in [-0.4, -0.2) is 55.1 Å². The minimum atomic E-state index is -0.106. The highest BCUT2D eigenvalue weighted by atomic mass is 16.2. The number of benzene rings is 3. The summed E-state index contributed by atoms with van der Waals surface area (Å²) in [6.45, 7) is 4.09. The number of nitrogens with one attached hydrogen (secondary N) is 2. The summed E-state index contributed by atoms with van der Waals surface area (Å²) in [4.78, 5) is 28.6. The van der Waals surface area contributed by atoms with Crippen molar-refractivity contribution < 1.29 is 14.1 Å². The van der Waals surface area contributed by atoms with Gasteiger partial charge in [-0.15, -0.1) is 0 Å². The number of quaternary nitrogens is 1. The maximum absolute atomic E-state index is 15.1. The maximum atomic E-state index is 15.1. The molecule has 6 rings (SSSR count). The zero-order valence-corrected chi connectivity index (χ0v) is 23.3. The molecule has 3 aromatic carbocycles. The van der Waals surface area contributed by atoms with Crippen LogP contribution in [-0.2, 0) is 4.79 Å². The smallest absolute Gasteiger partial charge is 0.347 e. The second-order valence-corrected chi connectivity index (χ2v) is 12.3. The Labute approximate surface area is 232 Å². The lowest BCUT2D eigenvalue weighted by Gasteiger charge is -2.48. The van der Waals surface area contributed by atoms with E-state index in [2.05, 4.69) is 53.1 Å². The first kappa shape index (κ1) is 26.5. The van der Waals surface area contributed by atoms with Gasteiger partial charge in [-0.25, -0.2) is 4.79 Å². The van der Waals surface area contributed by atoms with Gasteiger partial charge in [-0.2, -0.15) is 0 Å². The number of fused-ring (bicyclic) bond motifs is 2. The highest BCUT2D eigenvalue weighted by Gasteiger charge is 2.50. The lowest BCUT2D eigenvalue weighted by molar-refractivity contribution is -0.883. The van der Waals surface area contributed by atoms with E-state index < -0.39 is 0 Å². The molecule has 2 heterocycles. The topological polar surface area (TPSA) is 58.2 Å². The highest BCUT2D eigenvalue weighted by molar-refractivity contribution is 6.16. The third-order valence-corrected chi connectivity index (χ3v) is 10.0. The van der Waals surface area contributed by atoms with Gasteiger partial charge in [0.2, 0.25) is 5.91 Å². The lowest BCUT2D eigenvalue weighted by Crippen LogP contribution is -2.66. The van der Waals surface area contributed by atoms with Crippen LogP contribution in [0, 0.1) is 11.8 Å². The quantitative estimate of drug-likeness (QED) is 0.297. The number of carbonyl (C=O) groups excluding carboxylic acids is 2. The Hall–Kier alpha value is -2.76. The molecule has 2 N–H and O–H groups in total. The normalized spacial score (nSPS) is 25.1. The van der Waals surface area contributed by atoms with E-state index in [0.29, 0.717) is 11.0 Å². The van der Waals surface area contributed by atoms with Gasteiger partial charge in [0.1, 0.15) is 0 Å². The molecule has 3 aromatic rings. The van der Waals surface area contributed by atoms with Crippen LogP contribution in [0.5, 0.6) is 0 Å². The van der Waals surface area contributed by atoms with Crippen molar-refractivity contribution in [2.45, 2.75) is 70.3 Å². The molecule has 5 nitrogen and oxygen atoms in total. The number of likely N-dealkylation sites (tertiary alicyclic amines) is 1. The second-order valence-electron chi connectivity index (χ2n) is 12.3. The zero-order chi connectivity index (χ0) is 26.7. The van der Waals surface area contributed by atoms with E-state index in [4.69, 9.17) is 0 Å². The number of piperidine rings is 2. The predicted octanol–water partition coefficient (Wildman–Crippen LogP) is 6.20. The molecule has 2 atom stereocenters. The Kier molecular flexibility index (Phi) is 7.99. The lowest BCUT2D eigenvalue weighted by atomic mass is 9.86. The fraction of sp³-hybridized carbons (Fsp3) is 0.529. The van der Waals surface area contributed by atoms with Crippen LogP contribution in [0.15, 0.2) is 54.6 Å². The summed E-state index contributed by atoms with van der Waals surface area (Å²) in [5.74, 6) is 1.04. The zero-order valence-electron chi connectivity index (χ0n) is 23.3. The minimum Gasteiger partial charge on any atom is -0.356 e. The molecular formula is C34H44N3O2+. The van der Waals surface area contributed by atoms with Crippen LogP contribution in [0.3, 0.4) is 0 Å². The molecule has 0 aromatic heterocycles. The minimum absolute atomic E-state index is 0.106. The summed E-state index contributed by atoms with van der Waals surface area (Å²) in [6.07, 6.45) is 11.5. The maximum Gasteiger partial charge on any atom is 0.347 e. The highest BCUT2D eigenvalue weighted by Crippen LogP contribution is 2.37. The van der Waals surface area contributed by atoms with Crippen molar-refractivity contribution in [2.24, 2.45) is 11.8 Å². The number of nitrogens with zero attached hydrogens (tertiary/aromatic N) is 1. The Morgan fingerprint density at radius 1 is 0.821 bits per heavy atom. The van der Waals surface area contributed by atoms with Gasteiger partial charge in [0.05, 0.1) is 30.6 Å². The SMILES string of the molecule is O=C(NCCC1CCCCC1)C1CCC[N+](C(=O)c2c3ccccc3cc3ccccc23)(C2CCNCC2)C1. The molecule has 39 heavy (non-hydrogen) atoms. The van der Waals surface area contributed by atoms with E-state index in [9.17, 15) is 4.79 Å². The van der Waals surface area contributed by atoms with E-state index in [1.165, 1.54) is 32.1 Å². The molecule has 1 aliphatic carbocycles. The van der Waals surface area contributed by atoms with Crippen molar-refractivity contribution in [2.75, 3.05) is 32.7 Å². The van der Waals surface area contributed by atoms with Crippen molar-refractivity contribution in [1.82, 2.24) is 10.6 Å². The first-order valence-corrected chi connectivity index (χ1v) is 15.5. The molecule has 3 fully saturated rings. The molecule has 0 spiro atoms. The van der Waals surface area contributed by atoms with E-state index >= 15 is 4.79 Å². The number of rotatable bonds is 6. The van der Waals surface area contributed by atoms with E-state index in [-0.39, 0.29) is 23.8 Å². The van der Waals surface area contributed by atoms with Crippen LogP contribution in [0.25, 0.3) is 21.5 Å². The van der Waals surface area contributed by atoms with Gasteiger partial charge < -0.3 is 10.6 Å². The second kappa shape index (κ2) is 11.8. The predicted molar refractivity (Wildman–Crippen MR) is 159 cm³/mol. The third kappa shape index (κ3) is 5.36. The van der Waals surface area contributed by atoms with Crippen LogP contribution in [0.4, 0.5) is 0 Å². The van der Waals surface area contributed by atoms with Crippen molar-refractivity contribution in [3.63, 3.8) is 0 Å². The standard InChI is InChI=1S/C34H43N3O2/c38-33(36-21-16-25-9-2-1-3-10-25)28-13-8-22-37(24-28,29-17-19-35-20-18-29)34(39)32-30-14-6-4-11-26(30)23-27-12-5-7-15-31(27)32/h4-7,11-12,14-15,23,25,28-29,35H,1-3,8-10,13,16-22,24H2/p+1. The summed E-state index contributed by atoms with van der Waals surface area (Å²) in [7, 11) is 0. The first-order valence-electron chi connectivity index (χ1n) is 15.5. The summed E-state index contributed by atoms with van der Waals surface area (Å²) >= 11 is 0. The van der Waals surface area contributed by atoms with Crippen molar-refractivity contribution in [3.05, 3.63) is 60.2 Å². The van der Waals surface area contributed by atoms with Crippen LogP contribution < -0.4 is 10.6 Å². The molecule has 5 heteroatoms. The molecule has 2 unspecified atom stereocenters. The summed E-state index contributed by atoms with van der Waals surface area (Å²) in [6, 6.07) is 19.1. The van der Waals surface area contributed by atoms with Crippen molar-refractivity contribution in [3.8, 4) is 0 Å². The van der Waals surface area contributed by atoms with Crippen LogP contribution in [0.1, 0.15) is 74.6 Å². The number of hydrogen-bond donors (Lipinski definition) is 2. The number of carbonyl (C=O) groups is 2. The average Bonchev–Trinajstić information content (AvgIpc) is 3.00. The molecule has 0 radical (unpaired) electrons. The van der Waals surface area contributed by atoms with Crippen molar-refractivity contribution in [1.29, 1.82) is 0 Å². The molecule has 2 aliphatic heterocycles. The Bertz CT molecular complexity index is 1270. The van der Waals surface area contributed by atoms with Crippen LogP contribution in [0.2, 0.25) is 0 Å². The van der Waals surface area contributed by atoms with Gasteiger partial charge >= 0.3 is 5.91 Å². The molecule has 2 amide bonds. The summed E-state index contributed by atoms with van der Waals surface area (Å²) in [5.41, 5.74) is 0.848. The fourth-order valence-electron chi connectivity index (χ4n) is 7.88. The average molecular weight is 527 g/mol. The Morgan fingerprint density at radius 3 is 2.18 bits per heavy atom. The molecule has 2 saturated heterocycles. The Morgan fingerprint density at radius 2 is 1.49 bits per heavy atom. The molecule has 3 aliphatic rings. The van der Waals surface area contributed by atoms with E-state index in [1.54, 1.807) is 0 Å². The fourth-order valence-corrected chi connectivity index (χ4v) is 7.88. The van der Waals surface area contributed by atoms with E-state index in [1.807, 2.05) is 12.1 Å². The van der Waals surface area contributed by atoms with Gasteiger partial charge in [0.25, 0.3) is 0 Å². The molecular weight excluding hydrogens is 482 g/mol. The number of hydrogen-bond acceptors (Lipinski definition) is 3.